The number of aromatic nitrogens is 2. The summed E-state index contributed by atoms with van der Waals surface area (Å²) in [7, 11) is 0. The van der Waals surface area contributed by atoms with E-state index in [2.05, 4.69) is 27.8 Å². The second-order valence-electron chi connectivity index (χ2n) is 3.79. The number of fused-ring (bicyclic) bond motifs is 1. The molecule has 6 heteroatoms. The van der Waals surface area contributed by atoms with E-state index >= 15 is 0 Å². The van der Waals surface area contributed by atoms with Crippen molar-refractivity contribution in [3.8, 4) is 0 Å². The predicted octanol–water partition coefficient (Wildman–Crippen LogP) is 2.49. The maximum atomic E-state index is 12.2. The highest BCUT2D eigenvalue weighted by molar-refractivity contribution is 9.11. The first-order valence-corrected chi connectivity index (χ1v) is 7.15. The molecule has 0 aliphatic heterocycles. The van der Waals surface area contributed by atoms with Crippen molar-refractivity contribution in [1.82, 2.24) is 9.55 Å². The van der Waals surface area contributed by atoms with Gasteiger partial charge in [-0.15, -0.1) is 11.3 Å². The fourth-order valence-electron chi connectivity index (χ4n) is 1.90. The van der Waals surface area contributed by atoms with Crippen molar-refractivity contribution >= 4 is 37.5 Å². The van der Waals surface area contributed by atoms with Crippen LogP contribution < -0.4 is 11.2 Å². The smallest absolute Gasteiger partial charge is 0.298 e. The molecule has 1 N–H and O–H groups in total. The summed E-state index contributed by atoms with van der Waals surface area (Å²) in [5, 5.41) is 0.658. The Bertz CT molecular complexity index is 668. The monoisotopic (exact) mass is 316 g/mol. The van der Waals surface area contributed by atoms with Gasteiger partial charge in [-0.1, -0.05) is 13.3 Å². The van der Waals surface area contributed by atoms with Crippen molar-refractivity contribution in [3.63, 3.8) is 0 Å². The van der Waals surface area contributed by atoms with Crippen LogP contribution in [-0.2, 0) is 13.0 Å². The standard InChI is InChI=1S/C11H13BrN2O2S/c1-3-5-6-7-9(17-8(6)12)13-11(16)14(4-2)10(7)15/h3-5H2,1-2H3,(H,13,16). The normalized spacial score (nSPS) is 11.2. The van der Waals surface area contributed by atoms with Crippen LogP contribution >= 0.6 is 27.3 Å². The highest BCUT2D eigenvalue weighted by atomic mass is 79.9. The van der Waals surface area contributed by atoms with Crippen LogP contribution in [0.1, 0.15) is 25.8 Å². The minimum Gasteiger partial charge on any atom is -0.298 e. The van der Waals surface area contributed by atoms with Gasteiger partial charge in [-0.05, 0) is 34.8 Å². The number of halogens is 1. The maximum absolute atomic E-state index is 12.2. The lowest BCUT2D eigenvalue weighted by Crippen LogP contribution is -2.34. The van der Waals surface area contributed by atoms with Gasteiger partial charge in [-0.3, -0.25) is 14.3 Å². The first-order chi connectivity index (χ1) is 8.10. The highest BCUT2D eigenvalue weighted by Crippen LogP contribution is 2.32. The van der Waals surface area contributed by atoms with Crippen molar-refractivity contribution in [1.29, 1.82) is 0 Å². The lowest BCUT2D eigenvalue weighted by atomic mass is 10.1. The number of hydrogen-bond donors (Lipinski definition) is 1. The van der Waals surface area contributed by atoms with Crippen LogP contribution in [0.25, 0.3) is 10.2 Å². The Kier molecular flexibility index (Phi) is 3.53. The van der Waals surface area contributed by atoms with E-state index in [1.54, 1.807) is 6.92 Å². The van der Waals surface area contributed by atoms with Gasteiger partial charge >= 0.3 is 5.69 Å². The number of thiophene rings is 1. The fraction of sp³-hybridized carbons (Fsp3) is 0.455. The first-order valence-electron chi connectivity index (χ1n) is 5.54. The molecule has 0 amide bonds. The van der Waals surface area contributed by atoms with Gasteiger partial charge in [0.15, 0.2) is 0 Å². The lowest BCUT2D eigenvalue weighted by molar-refractivity contribution is 0.684. The number of aromatic amines is 1. The SMILES string of the molecule is CCCc1c(Br)sc2[nH]c(=O)n(CC)c(=O)c12. The Hall–Kier alpha value is -0.880. The molecule has 0 atom stereocenters. The molecule has 0 unspecified atom stereocenters. The summed E-state index contributed by atoms with van der Waals surface area (Å²) in [6.07, 6.45) is 1.81. The Morgan fingerprint density at radius 1 is 1.35 bits per heavy atom. The molecular weight excluding hydrogens is 304 g/mol. The second kappa shape index (κ2) is 4.78. The predicted molar refractivity (Wildman–Crippen MR) is 74.1 cm³/mol. The number of hydrogen-bond acceptors (Lipinski definition) is 3. The van der Waals surface area contributed by atoms with E-state index in [0.29, 0.717) is 16.8 Å². The van der Waals surface area contributed by atoms with E-state index in [1.807, 2.05) is 0 Å². The molecule has 0 saturated heterocycles. The van der Waals surface area contributed by atoms with Gasteiger partial charge in [0, 0.05) is 6.54 Å². The molecule has 0 bridgehead atoms. The Morgan fingerprint density at radius 2 is 2.06 bits per heavy atom. The molecule has 2 aromatic rings. The van der Waals surface area contributed by atoms with Crippen molar-refractivity contribution in [2.45, 2.75) is 33.2 Å². The van der Waals surface area contributed by atoms with Crippen LogP contribution in [0, 0.1) is 0 Å². The van der Waals surface area contributed by atoms with Gasteiger partial charge in [0.25, 0.3) is 5.56 Å². The highest BCUT2D eigenvalue weighted by Gasteiger charge is 2.16. The third-order valence-electron chi connectivity index (χ3n) is 2.70. The average Bonchev–Trinajstić information content (AvgIpc) is 2.56. The Morgan fingerprint density at radius 3 is 2.65 bits per heavy atom. The summed E-state index contributed by atoms with van der Waals surface area (Å²) < 4.78 is 2.18. The van der Waals surface area contributed by atoms with Gasteiger partial charge in [0.2, 0.25) is 0 Å². The van der Waals surface area contributed by atoms with E-state index in [4.69, 9.17) is 0 Å². The number of rotatable bonds is 3. The van der Waals surface area contributed by atoms with Gasteiger partial charge in [-0.2, -0.15) is 0 Å². The molecular formula is C11H13BrN2O2S. The number of nitrogens with one attached hydrogen (secondary N) is 1. The molecule has 0 saturated carbocycles. The topological polar surface area (TPSA) is 54.9 Å². The molecule has 0 spiro atoms. The third kappa shape index (κ3) is 1.99. The fourth-order valence-corrected chi connectivity index (χ4v) is 3.74. The summed E-state index contributed by atoms with van der Waals surface area (Å²) in [6.45, 7) is 4.26. The Balaban J connectivity index is 2.90. The minimum absolute atomic E-state index is 0.184. The van der Waals surface area contributed by atoms with Crippen LogP contribution in [0.3, 0.4) is 0 Å². The molecule has 0 aliphatic carbocycles. The molecule has 0 fully saturated rings. The summed E-state index contributed by atoms with van der Waals surface area (Å²) in [6, 6.07) is 0. The average molecular weight is 317 g/mol. The molecule has 17 heavy (non-hydrogen) atoms. The van der Waals surface area contributed by atoms with E-state index in [9.17, 15) is 9.59 Å². The van der Waals surface area contributed by atoms with Crippen LogP contribution in [0.4, 0.5) is 0 Å². The van der Waals surface area contributed by atoms with Crippen molar-refractivity contribution in [3.05, 3.63) is 30.2 Å². The largest absolute Gasteiger partial charge is 0.329 e. The molecule has 92 valence electrons. The molecule has 0 radical (unpaired) electrons. The quantitative estimate of drug-likeness (QED) is 0.945. The Labute approximate surface area is 110 Å². The molecule has 4 nitrogen and oxygen atoms in total. The number of aryl methyl sites for hydroxylation is 1. The molecule has 2 aromatic heterocycles. The first kappa shape index (κ1) is 12.6. The van der Waals surface area contributed by atoms with Gasteiger partial charge in [0.1, 0.15) is 4.83 Å². The third-order valence-corrected chi connectivity index (χ3v) is 4.60. The van der Waals surface area contributed by atoms with Crippen molar-refractivity contribution in [2.24, 2.45) is 0 Å². The van der Waals surface area contributed by atoms with E-state index in [0.717, 1.165) is 22.2 Å². The van der Waals surface area contributed by atoms with Crippen LogP contribution in [0.5, 0.6) is 0 Å². The van der Waals surface area contributed by atoms with Crippen LogP contribution in [0.15, 0.2) is 13.4 Å². The zero-order chi connectivity index (χ0) is 12.6. The lowest BCUT2D eigenvalue weighted by Gasteiger charge is -2.01. The zero-order valence-corrected chi connectivity index (χ0v) is 12.1. The van der Waals surface area contributed by atoms with Crippen molar-refractivity contribution < 1.29 is 0 Å². The van der Waals surface area contributed by atoms with Gasteiger partial charge in [-0.25, -0.2) is 4.79 Å². The summed E-state index contributed by atoms with van der Waals surface area (Å²) in [5.41, 5.74) is 0.495. The maximum Gasteiger partial charge on any atom is 0.329 e. The zero-order valence-electron chi connectivity index (χ0n) is 9.67. The van der Waals surface area contributed by atoms with Gasteiger partial charge in [0.05, 0.1) is 9.17 Å². The van der Waals surface area contributed by atoms with Gasteiger partial charge < -0.3 is 0 Å². The molecule has 2 rings (SSSR count). The summed E-state index contributed by atoms with van der Waals surface area (Å²) in [4.78, 5) is 27.3. The molecule has 2 heterocycles. The summed E-state index contributed by atoms with van der Waals surface area (Å²) >= 11 is 4.88. The van der Waals surface area contributed by atoms with Crippen LogP contribution in [-0.4, -0.2) is 9.55 Å². The summed E-state index contributed by atoms with van der Waals surface area (Å²) in [5.74, 6) is 0. The molecule has 0 aliphatic rings. The van der Waals surface area contributed by atoms with E-state index in [1.165, 1.54) is 15.9 Å². The van der Waals surface area contributed by atoms with E-state index in [-0.39, 0.29) is 11.2 Å². The van der Waals surface area contributed by atoms with Crippen molar-refractivity contribution in [2.75, 3.05) is 0 Å². The second-order valence-corrected chi connectivity index (χ2v) is 6.13. The number of H-pyrrole nitrogens is 1. The molecule has 0 aromatic carbocycles. The number of nitrogens with zero attached hydrogens (tertiary/aromatic N) is 1. The van der Waals surface area contributed by atoms with Crippen LogP contribution in [0.2, 0.25) is 0 Å². The minimum atomic E-state index is -0.332. The van der Waals surface area contributed by atoms with E-state index < -0.39 is 0 Å².